The number of hydrogen-bond acceptors (Lipinski definition) is 2. The number of rotatable bonds is 4. The maximum atomic E-state index is 12.0. The molecular formula is C15H25N3O. The van der Waals surface area contributed by atoms with E-state index in [1.807, 2.05) is 0 Å². The third kappa shape index (κ3) is 3.18. The second-order valence-electron chi connectivity index (χ2n) is 5.97. The lowest BCUT2D eigenvalue weighted by atomic mass is 9.93. The van der Waals surface area contributed by atoms with Gasteiger partial charge in [0.05, 0.1) is 0 Å². The second-order valence-corrected chi connectivity index (χ2v) is 5.97. The minimum Gasteiger partial charge on any atom is -0.354 e. The molecule has 1 aromatic rings. The van der Waals surface area contributed by atoms with E-state index in [1.54, 1.807) is 0 Å². The van der Waals surface area contributed by atoms with Crippen molar-refractivity contribution in [3.05, 3.63) is 23.0 Å². The summed E-state index contributed by atoms with van der Waals surface area (Å²) in [7, 11) is 0. The number of nitrogens with one attached hydrogen (secondary N) is 1. The molecule has 1 heterocycles. The van der Waals surface area contributed by atoms with Crippen molar-refractivity contribution < 1.29 is 4.79 Å². The van der Waals surface area contributed by atoms with Crippen LogP contribution in [-0.2, 0) is 17.8 Å². The van der Waals surface area contributed by atoms with Crippen molar-refractivity contribution in [2.45, 2.75) is 52.6 Å². The summed E-state index contributed by atoms with van der Waals surface area (Å²) in [4.78, 5) is 12.0. The van der Waals surface area contributed by atoms with Crippen LogP contribution in [0, 0.1) is 12.8 Å². The highest BCUT2D eigenvalue weighted by atomic mass is 16.1. The van der Waals surface area contributed by atoms with E-state index in [0.717, 1.165) is 31.5 Å². The SMILES string of the molecule is Cc1cc2c(n1CC(=O)NCC(C)C)CCCC2N. The molecule has 1 unspecified atom stereocenters. The van der Waals surface area contributed by atoms with E-state index < -0.39 is 0 Å². The van der Waals surface area contributed by atoms with Gasteiger partial charge in [0.2, 0.25) is 5.91 Å². The van der Waals surface area contributed by atoms with Crippen molar-refractivity contribution in [3.63, 3.8) is 0 Å². The van der Waals surface area contributed by atoms with Gasteiger partial charge in [-0.2, -0.15) is 0 Å². The van der Waals surface area contributed by atoms with Gasteiger partial charge in [-0.1, -0.05) is 13.8 Å². The van der Waals surface area contributed by atoms with Crippen molar-refractivity contribution in [1.82, 2.24) is 9.88 Å². The first-order valence-corrected chi connectivity index (χ1v) is 7.20. The Hall–Kier alpha value is -1.29. The van der Waals surface area contributed by atoms with Gasteiger partial charge in [0.15, 0.2) is 0 Å². The second kappa shape index (κ2) is 5.78. The number of amides is 1. The van der Waals surface area contributed by atoms with Crippen LogP contribution in [0.4, 0.5) is 0 Å². The molecule has 0 bridgehead atoms. The van der Waals surface area contributed by atoms with E-state index >= 15 is 0 Å². The molecule has 1 aliphatic carbocycles. The van der Waals surface area contributed by atoms with E-state index in [0.29, 0.717) is 12.5 Å². The van der Waals surface area contributed by atoms with Gasteiger partial charge in [0.1, 0.15) is 6.54 Å². The smallest absolute Gasteiger partial charge is 0.239 e. The summed E-state index contributed by atoms with van der Waals surface area (Å²) in [6.07, 6.45) is 3.20. The minimum absolute atomic E-state index is 0.0920. The fourth-order valence-corrected chi connectivity index (χ4v) is 2.74. The summed E-state index contributed by atoms with van der Waals surface area (Å²) in [6.45, 7) is 7.41. The van der Waals surface area contributed by atoms with Crippen LogP contribution in [-0.4, -0.2) is 17.0 Å². The summed E-state index contributed by atoms with van der Waals surface area (Å²) >= 11 is 0. The van der Waals surface area contributed by atoms with Crippen molar-refractivity contribution in [3.8, 4) is 0 Å². The molecule has 0 aromatic carbocycles. The predicted octanol–water partition coefficient (Wildman–Crippen LogP) is 1.90. The van der Waals surface area contributed by atoms with Gasteiger partial charge in [-0.05, 0) is 43.7 Å². The van der Waals surface area contributed by atoms with Gasteiger partial charge in [0.25, 0.3) is 0 Å². The fraction of sp³-hybridized carbons (Fsp3) is 0.667. The summed E-state index contributed by atoms with van der Waals surface area (Å²) in [6, 6.07) is 2.29. The number of aryl methyl sites for hydroxylation is 1. The Bertz CT molecular complexity index is 462. The van der Waals surface area contributed by atoms with E-state index in [4.69, 9.17) is 5.73 Å². The average Bonchev–Trinajstić information content (AvgIpc) is 2.66. The molecule has 0 spiro atoms. The van der Waals surface area contributed by atoms with E-state index in [1.165, 1.54) is 11.3 Å². The largest absolute Gasteiger partial charge is 0.354 e. The summed E-state index contributed by atoms with van der Waals surface area (Å²) < 4.78 is 2.13. The first-order chi connectivity index (χ1) is 8.99. The van der Waals surface area contributed by atoms with Crippen LogP contribution in [0.3, 0.4) is 0 Å². The number of carbonyl (C=O) groups is 1. The molecule has 0 radical (unpaired) electrons. The molecule has 0 saturated carbocycles. The average molecular weight is 263 g/mol. The van der Waals surface area contributed by atoms with Gasteiger partial charge in [0, 0.05) is 24.0 Å². The highest BCUT2D eigenvalue weighted by Crippen LogP contribution is 2.30. The Morgan fingerprint density at radius 2 is 2.32 bits per heavy atom. The number of aromatic nitrogens is 1. The Balaban J connectivity index is 2.10. The third-order valence-corrected chi connectivity index (χ3v) is 3.79. The Morgan fingerprint density at radius 3 is 3.00 bits per heavy atom. The van der Waals surface area contributed by atoms with Crippen LogP contribution >= 0.6 is 0 Å². The number of carbonyl (C=O) groups excluding carboxylic acids is 1. The first-order valence-electron chi connectivity index (χ1n) is 7.20. The van der Waals surface area contributed by atoms with Crippen molar-refractivity contribution >= 4 is 5.91 Å². The molecule has 19 heavy (non-hydrogen) atoms. The van der Waals surface area contributed by atoms with E-state index in [9.17, 15) is 4.79 Å². The summed E-state index contributed by atoms with van der Waals surface area (Å²) in [5, 5.41) is 2.97. The maximum absolute atomic E-state index is 12.0. The molecule has 4 heteroatoms. The zero-order chi connectivity index (χ0) is 14.0. The molecule has 4 nitrogen and oxygen atoms in total. The molecule has 1 aromatic heterocycles. The van der Waals surface area contributed by atoms with Crippen LogP contribution in [0.1, 0.15) is 49.7 Å². The molecule has 1 amide bonds. The zero-order valence-electron chi connectivity index (χ0n) is 12.2. The molecule has 2 rings (SSSR count). The van der Waals surface area contributed by atoms with Crippen molar-refractivity contribution in [2.24, 2.45) is 11.7 Å². The van der Waals surface area contributed by atoms with Crippen LogP contribution in [0.25, 0.3) is 0 Å². The minimum atomic E-state index is 0.0920. The first kappa shape index (κ1) is 14.1. The quantitative estimate of drug-likeness (QED) is 0.871. The lowest BCUT2D eigenvalue weighted by Gasteiger charge is -2.21. The molecular weight excluding hydrogens is 238 g/mol. The fourth-order valence-electron chi connectivity index (χ4n) is 2.74. The normalized spacial score (nSPS) is 18.5. The topological polar surface area (TPSA) is 60.0 Å². The number of nitrogens with zero attached hydrogens (tertiary/aromatic N) is 1. The predicted molar refractivity (Wildman–Crippen MR) is 76.9 cm³/mol. The zero-order valence-corrected chi connectivity index (χ0v) is 12.2. The van der Waals surface area contributed by atoms with Gasteiger partial charge in [-0.25, -0.2) is 0 Å². The number of fused-ring (bicyclic) bond motifs is 1. The van der Waals surface area contributed by atoms with Crippen LogP contribution in [0.15, 0.2) is 6.07 Å². The van der Waals surface area contributed by atoms with Crippen molar-refractivity contribution in [2.75, 3.05) is 6.54 Å². The Kier molecular flexibility index (Phi) is 4.30. The molecule has 0 saturated heterocycles. The molecule has 3 N–H and O–H groups in total. The lowest BCUT2D eigenvalue weighted by molar-refractivity contribution is -0.121. The van der Waals surface area contributed by atoms with Gasteiger partial charge >= 0.3 is 0 Å². The van der Waals surface area contributed by atoms with Gasteiger partial charge in [-0.3, -0.25) is 4.79 Å². The van der Waals surface area contributed by atoms with Crippen LogP contribution < -0.4 is 11.1 Å². The molecule has 1 atom stereocenters. The number of hydrogen-bond donors (Lipinski definition) is 2. The Labute approximate surface area is 115 Å². The summed E-state index contributed by atoms with van der Waals surface area (Å²) in [5.41, 5.74) is 9.78. The Morgan fingerprint density at radius 1 is 1.58 bits per heavy atom. The molecule has 106 valence electrons. The highest BCUT2D eigenvalue weighted by Gasteiger charge is 2.22. The summed E-state index contributed by atoms with van der Waals surface area (Å²) in [5.74, 6) is 0.575. The standard InChI is InChI=1S/C15H25N3O/c1-10(2)8-17-15(19)9-18-11(3)7-12-13(16)5-4-6-14(12)18/h7,10,13H,4-6,8-9,16H2,1-3H3,(H,17,19). The molecule has 0 fully saturated rings. The van der Waals surface area contributed by atoms with E-state index in [-0.39, 0.29) is 11.9 Å². The lowest BCUT2D eigenvalue weighted by Crippen LogP contribution is -2.31. The number of nitrogens with two attached hydrogens (primary N) is 1. The van der Waals surface area contributed by atoms with Crippen LogP contribution in [0.2, 0.25) is 0 Å². The molecule has 1 aliphatic rings. The highest BCUT2D eigenvalue weighted by molar-refractivity contribution is 5.76. The third-order valence-electron chi connectivity index (χ3n) is 3.79. The van der Waals surface area contributed by atoms with Crippen molar-refractivity contribution in [1.29, 1.82) is 0 Å². The van der Waals surface area contributed by atoms with Gasteiger partial charge < -0.3 is 15.6 Å². The molecule has 0 aliphatic heterocycles. The van der Waals surface area contributed by atoms with Crippen LogP contribution in [0.5, 0.6) is 0 Å². The maximum Gasteiger partial charge on any atom is 0.239 e. The van der Waals surface area contributed by atoms with E-state index in [2.05, 4.69) is 36.7 Å². The monoisotopic (exact) mass is 263 g/mol. The van der Waals surface area contributed by atoms with Gasteiger partial charge in [-0.15, -0.1) is 0 Å².